The van der Waals surface area contributed by atoms with E-state index in [-0.39, 0.29) is 28.4 Å². The second kappa shape index (κ2) is 9.61. The first-order chi connectivity index (χ1) is 15.3. The Balaban J connectivity index is 1.81. The van der Waals surface area contributed by atoms with Crippen LogP contribution in [0.25, 0.3) is 0 Å². The number of carbonyl (C=O) groups is 2. The van der Waals surface area contributed by atoms with E-state index in [1.165, 1.54) is 0 Å². The molecule has 1 aromatic carbocycles. The van der Waals surface area contributed by atoms with Crippen LogP contribution < -0.4 is 0 Å². The summed E-state index contributed by atoms with van der Waals surface area (Å²) in [5.41, 5.74) is 1.34. The lowest BCUT2D eigenvalue weighted by molar-refractivity contribution is -0.141. The van der Waals surface area contributed by atoms with E-state index in [0.29, 0.717) is 36.6 Å². The first-order valence-electron chi connectivity index (χ1n) is 11.8. The fourth-order valence-corrected chi connectivity index (χ4v) is 4.67. The van der Waals surface area contributed by atoms with Crippen LogP contribution in [0.4, 0.5) is 0 Å². The van der Waals surface area contributed by atoms with E-state index in [0.717, 1.165) is 11.3 Å². The Morgan fingerprint density at radius 3 is 2.33 bits per heavy atom. The molecular formula is C27H37ClN2O3. The van der Waals surface area contributed by atoms with Crippen LogP contribution in [0.2, 0.25) is 5.02 Å². The van der Waals surface area contributed by atoms with E-state index in [1.807, 2.05) is 51.1 Å². The Hall–Kier alpha value is -2.14. The second-order valence-electron chi connectivity index (χ2n) is 11.6. The molecule has 1 aliphatic rings. The van der Waals surface area contributed by atoms with Crippen LogP contribution in [-0.4, -0.2) is 34.3 Å². The molecule has 2 aromatic rings. The molecule has 0 aliphatic carbocycles. The van der Waals surface area contributed by atoms with Gasteiger partial charge in [-0.05, 0) is 41.9 Å². The molecule has 1 amide bonds. The van der Waals surface area contributed by atoms with Crippen LogP contribution in [0.1, 0.15) is 84.2 Å². The van der Waals surface area contributed by atoms with Crippen molar-refractivity contribution in [2.75, 3.05) is 6.54 Å². The molecule has 33 heavy (non-hydrogen) atoms. The first kappa shape index (κ1) is 25.5. The number of hydrogen-bond donors (Lipinski definition) is 0. The number of hydrogen-bond acceptors (Lipinski definition) is 4. The van der Waals surface area contributed by atoms with Crippen molar-refractivity contribution < 1.29 is 14.1 Å². The van der Waals surface area contributed by atoms with Gasteiger partial charge in [0.1, 0.15) is 11.7 Å². The van der Waals surface area contributed by atoms with Crippen LogP contribution in [0.5, 0.6) is 0 Å². The highest BCUT2D eigenvalue weighted by Crippen LogP contribution is 2.40. The molecule has 3 unspecified atom stereocenters. The Bertz CT molecular complexity index is 982. The van der Waals surface area contributed by atoms with Crippen molar-refractivity contribution in [2.45, 2.75) is 85.1 Å². The van der Waals surface area contributed by atoms with E-state index < -0.39 is 12.0 Å². The van der Waals surface area contributed by atoms with Gasteiger partial charge >= 0.3 is 0 Å². The van der Waals surface area contributed by atoms with Crippen LogP contribution in [-0.2, 0) is 21.4 Å². The number of likely N-dealkylation sites (tertiary alicyclic amines) is 1. The molecule has 0 saturated carbocycles. The normalized spacial score (nSPS) is 20.2. The summed E-state index contributed by atoms with van der Waals surface area (Å²) in [5, 5.41) is 4.93. The summed E-state index contributed by atoms with van der Waals surface area (Å²) in [6.07, 6.45) is 1.74. The topological polar surface area (TPSA) is 63.4 Å². The summed E-state index contributed by atoms with van der Waals surface area (Å²) in [4.78, 5) is 28.9. The molecule has 0 radical (unpaired) electrons. The Morgan fingerprint density at radius 2 is 1.79 bits per heavy atom. The Morgan fingerprint density at radius 1 is 1.15 bits per heavy atom. The molecular weight excluding hydrogens is 436 g/mol. The maximum absolute atomic E-state index is 13.9. The molecule has 3 atom stereocenters. The fourth-order valence-electron chi connectivity index (χ4n) is 4.54. The number of benzene rings is 1. The number of rotatable bonds is 6. The van der Waals surface area contributed by atoms with Crippen LogP contribution in [0.3, 0.4) is 0 Å². The standard InChI is InChI=1S/C27H37ClN2O3/c1-17-14-20(21(31)13-10-18-8-11-19(28)12-9-18)30(16-17)25(32)24(27(5,6)7)22-15-23(29-33-22)26(2,3)4/h8-9,11-12,15,17,20,24H,10,13-14,16H2,1-7H3. The number of nitrogens with zero attached hydrogens (tertiary/aromatic N) is 2. The maximum atomic E-state index is 13.9. The Labute approximate surface area is 202 Å². The highest BCUT2D eigenvalue weighted by atomic mass is 35.5. The minimum absolute atomic E-state index is 0.0479. The van der Waals surface area contributed by atoms with E-state index in [2.05, 4.69) is 32.9 Å². The number of ketones is 1. The molecule has 6 heteroatoms. The highest BCUT2D eigenvalue weighted by Gasteiger charge is 2.45. The van der Waals surface area contributed by atoms with Gasteiger partial charge in [0.2, 0.25) is 5.91 Å². The van der Waals surface area contributed by atoms with E-state index in [1.54, 1.807) is 4.90 Å². The number of amides is 1. The lowest BCUT2D eigenvalue weighted by atomic mass is 9.77. The molecule has 0 N–H and O–H groups in total. The SMILES string of the molecule is CC1CC(C(=O)CCc2ccc(Cl)cc2)N(C(=O)C(c2cc(C(C)(C)C)no2)C(C)(C)C)C1. The molecule has 1 fully saturated rings. The maximum Gasteiger partial charge on any atom is 0.234 e. The second-order valence-corrected chi connectivity index (χ2v) is 12.0. The number of carbonyl (C=O) groups excluding carboxylic acids is 2. The number of Topliss-reactive ketones (excluding diaryl/α,β-unsaturated/α-hetero) is 1. The molecule has 1 aromatic heterocycles. The monoisotopic (exact) mass is 472 g/mol. The van der Waals surface area contributed by atoms with E-state index in [9.17, 15) is 9.59 Å². The zero-order chi connectivity index (χ0) is 24.6. The van der Waals surface area contributed by atoms with Crippen molar-refractivity contribution in [1.82, 2.24) is 10.1 Å². The van der Waals surface area contributed by atoms with Gasteiger partial charge < -0.3 is 9.42 Å². The fraction of sp³-hybridized carbons (Fsp3) is 0.593. The van der Waals surface area contributed by atoms with E-state index in [4.69, 9.17) is 16.1 Å². The highest BCUT2D eigenvalue weighted by molar-refractivity contribution is 6.30. The van der Waals surface area contributed by atoms with Gasteiger partial charge in [-0.25, -0.2) is 0 Å². The minimum Gasteiger partial charge on any atom is -0.360 e. The lowest BCUT2D eigenvalue weighted by Crippen LogP contribution is -2.45. The van der Waals surface area contributed by atoms with Gasteiger partial charge in [0.05, 0.1) is 11.7 Å². The summed E-state index contributed by atoms with van der Waals surface area (Å²) in [5.74, 6) is 0.415. The summed E-state index contributed by atoms with van der Waals surface area (Å²) in [6, 6.07) is 9.09. The summed E-state index contributed by atoms with van der Waals surface area (Å²) in [6.45, 7) is 15.0. The van der Waals surface area contributed by atoms with Gasteiger partial charge in [0, 0.05) is 29.5 Å². The van der Waals surface area contributed by atoms with Gasteiger partial charge in [-0.15, -0.1) is 0 Å². The summed E-state index contributed by atoms with van der Waals surface area (Å²) >= 11 is 5.97. The van der Waals surface area contributed by atoms with Crippen molar-refractivity contribution in [2.24, 2.45) is 11.3 Å². The molecule has 5 nitrogen and oxygen atoms in total. The molecule has 1 saturated heterocycles. The largest absolute Gasteiger partial charge is 0.360 e. The lowest BCUT2D eigenvalue weighted by Gasteiger charge is -2.33. The number of aryl methyl sites for hydroxylation is 1. The van der Waals surface area contributed by atoms with Crippen molar-refractivity contribution >= 4 is 23.3 Å². The number of halogens is 1. The van der Waals surface area contributed by atoms with Gasteiger partial charge in [-0.1, -0.05) is 77.4 Å². The molecule has 3 rings (SSSR count). The predicted molar refractivity (Wildman–Crippen MR) is 131 cm³/mol. The first-order valence-corrected chi connectivity index (χ1v) is 12.2. The third kappa shape index (κ3) is 6.06. The van der Waals surface area contributed by atoms with Crippen molar-refractivity contribution in [3.63, 3.8) is 0 Å². The van der Waals surface area contributed by atoms with Crippen LogP contribution >= 0.6 is 11.6 Å². The number of aromatic nitrogens is 1. The quantitative estimate of drug-likeness (QED) is 0.502. The van der Waals surface area contributed by atoms with Gasteiger partial charge in [0.15, 0.2) is 5.78 Å². The molecule has 0 bridgehead atoms. The zero-order valence-corrected chi connectivity index (χ0v) is 21.7. The Kier molecular flexibility index (Phi) is 7.42. The average Bonchev–Trinajstić information content (AvgIpc) is 3.33. The zero-order valence-electron chi connectivity index (χ0n) is 20.9. The summed E-state index contributed by atoms with van der Waals surface area (Å²) < 4.78 is 5.70. The third-order valence-corrected chi connectivity index (χ3v) is 6.68. The third-order valence-electron chi connectivity index (χ3n) is 6.43. The smallest absolute Gasteiger partial charge is 0.234 e. The average molecular weight is 473 g/mol. The summed E-state index contributed by atoms with van der Waals surface area (Å²) in [7, 11) is 0. The van der Waals surface area contributed by atoms with E-state index >= 15 is 0 Å². The minimum atomic E-state index is -0.502. The molecule has 0 spiro atoms. The van der Waals surface area contributed by atoms with Crippen molar-refractivity contribution in [3.8, 4) is 0 Å². The molecule has 180 valence electrons. The molecule has 2 heterocycles. The van der Waals surface area contributed by atoms with Crippen LogP contribution in [0.15, 0.2) is 34.9 Å². The predicted octanol–water partition coefficient (Wildman–Crippen LogP) is 6.19. The van der Waals surface area contributed by atoms with Crippen molar-refractivity contribution in [1.29, 1.82) is 0 Å². The van der Waals surface area contributed by atoms with Gasteiger partial charge in [0.25, 0.3) is 0 Å². The van der Waals surface area contributed by atoms with Gasteiger partial charge in [-0.3, -0.25) is 9.59 Å². The van der Waals surface area contributed by atoms with Crippen molar-refractivity contribution in [3.05, 3.63) is 52.4 Å². The van der Waals surface area contributed by atoms with Crippen LogP contribution in [0, 0.1) is 11.3 Å². The molecule has 1 aliphatic heterocycles. The van der Waals surface area contributed by atoms with Gasteiger partial charge in [-0.2, -0.15) is 0 Å².